The normalized spacial score (nSPS) is 15.1. The SMILES string of the molecule is Cl.Cl.Nc1cc(Br)c(N=C2N=CCN2)c(Br)c1. The first-order chi connectivity index (χ1) is 7.16. The third-order valence-electron chi connectivity index (χ3n) is 1.82. The summed E-state index contributed by atoms with van der Waals surface area (Å²) in [5.74, 6) is 0.612. The Balaban J connectivity index is 0.00000128. The van der Waals surface area contributed by atoms with Gasteiger partial charge in [0.2, 0.25) is 5.96 Å². The van der Waals surface area contributed by atoms with Crippen molar-refractivity contribution in [1.29, 1.82) is 0 Å². The Morgan fingerprint density at radius 2 is 1.82 bits per heavy atom. The minimum Gasteiger partial charge on any atom is -0.399 e. The number of nitrogens with two attached hydrogens (primary N) is 1. The van der Waals surface area contributed by atoms with E-state index in [-0.39, 0.29) is 24.8 Å². The van der Waals surface area contributed by atoms with E-state index in [4.69, 9.17) is 5.73 Å². The Morgan fingerprint density at radius 3 is 2.29 bits per heavy atom. The zero-order valence-electron chi connectivity index (χ0n) is 8.48. The minimum atomic E-state index is 0. The van der Waals surface area contributed by atoms with E-state index in [0.717, 1.165) is 21.2 Å². The lowest BCUT2D eigenvalue weighted by molar-refractivity contribution is 1.11. The van der Waals surface area contributed by atoms with Gasteiger partial charge in [0.15, 0.2) is 0 Å². The third-order valence-corrected chi connectivity index (χ3v) is 3.03. The molecule has 0 fully saturated rings. The van der Waals surface area contributed by atoms with Crippen LogP contribution in [0.1, 0.15) is 0 Å². The maximum Gasteiger partial charge on any atom is 0.223 e. The Bertz CT molecular complexity index is 439. The van der Waals surface area contributed by atoms with Crippen molar-refractivity contribution in [3.8, 4) is 0 Å². The van der Waals surface area contributed by atoms with Crippen molar-refractivity contribution in [3.05, 3.63) is 21.1 Å². The molecule has 4 nitrogen and oxygen atoms in total. The molecule has 0 saturated heterocycles. The fourth-order valence-corrected chi connectivity index (χ4v) is 2.58. The van der Waals surface area contributed by atoms with Crippen LogP contribution in [0, 0.1) is 0 Å². The number of guanidine groups is 1. The average Bonchev–Trinajstić information content (AvgIpc) is 2.63. The van der Waals surface area contributed by atoms with Gasteiger partial charge in [0, 0.05) is 20.8 Å². The van der Waals surface area contributed by atoms with Crippen LogP contribution >= 0.6 is 56.7 Å². The largest absolute Gasteiger partial charge is 0.399 e. The lowest BCUT2D eigenvalue weighted by atomic mass is 10.3. The zero-order valence-corrected chi connectivity index (χ0v) is 13.3. The van der Waals surface area contributed by atoms with Crippen LogP contribution in [0.4, 0.5) is 11.4 Å². The van der Waals surface area contributed by atoms with Crippen LogP contribution in [0.2, 0.25) is 0 Å². The quantitative estimate of drug-likeness (QED) is 0.705. The Hall–Kier alpha value is -0.300. The summed E-state index contributed by atoms with van der Waals surface area (Å²) in [6.45, 7) is 0.725. The minimum absolute atomic E-state index is 0. The summed E-state index contributed by atoms with van der Waals surface area (Å²) >= 11 is 6.82. The van der Waals surface area contributed by atoms with E-state index >= 15 is 0 Å². The second-order valence-corrected chi connectivity index (χ2v) is 4.67. The monoisotopic (exact) mass is 402 g/mol. The molecule has 0 aromatic heterocycles. The van der Waals surface area contributed by atoms with Crippen molar-refractivity contribution in [1.82, 2.24) is 5.32 Å². The molecule has 0 unspecified atom stereocenters. The summed E-state index contributed by atoms with van der Waals surface area (Å²) < 4.78 is 1.68. The molecular weight excluding hydrogens is 395 g/mol. The first-order valence-corrected chi connectivity index (χ1v) is 5.85. The van der Waals surface area contributed by atoms with Gasteiger partial charge in [0.25, 0.3) is 0 Å². The van der Waals surface area contributed by atoms with E-state index in [0.29, 0.717) is 11.6 Å². The van der Waals surface area contributed by atoms with Gasteiger partial charge in [0.1, 0.15) is 0 Å². The fraction of sp³-hybridized carbons (Fsp3) is 0.111. The molecule has 0 atom stereocenters. The van der Waals surface area contributed by atoms with Crippen LogP contribution in [0.3, 0.4) is 0 Å². The molecule has 0 saturated carbocycles. The van der Waals surface area contributed by atoms with Crippen LogP contribution in [0.15, 0.2) is 31.1 Å². The Morgan fingerprint density at radius 1 is 1.24 bits per heavy atom. The number of nitrogen functional groups attached to an aromatic ring is 1. The molecule has 17 heavy (non-hydrogen) atoms. The van der Waals surface area contributed by atoms with E-state index in [1.807, 2.05) is 12.1 Å². The van der Waals surface area contributed by atoms with E-state index in [1.165, 1.54) is 0 Å². The van der Waals surface area contributed by atoms with E-state index < -0.39 is 0 Å². The number of anilines is 1. The van der Waals surface area contributed by atoms with Crippen molar-refractivity contribution < 1.29 is 0 Å². The third kappa shape index (κ3) is 4.13. The second kappa shape index (κ2) is 7.20. The van der Waals surface area contributed by atoms with Gasteiger partial charge < -0.3 is 11.1 Å². The highest BCUT2D eigenvalue weighted by atomic mass is 79.9. The maximum atomic E-state index is 5.68. The smallest absolute Gasteiger partial charge is 0.223 e. The van der Waals surface area contributed by atoms with Gasteiger partial charge >= 0.3 is 0 Å². The molecule has 0 aliphatic carbocycles. The summed E-state index contributed by atoms with van der Waals surface area (Å²) in [6.07, 6.45) is 1.78. The molecule has 0 spiro atoms. The van der Waals surface area contributed by atoms with Gasteiger partial charge in [-0.25, -0.2) is 9.98 Å². The van der Waals surface area contributed by atoms with Gasteiger partial charge in [0.05, 0.1) is 12.2 Å². The number of hydrogen-bond acceptors (Lipinski definition) is 2. The number of hydrogen-bond donors (Lipinski definition) is 2. The van der Waals surface area contributed by atoms with Crippen molar-refractivity contribution in [2.24, 2.45) is 9.98 Å². The molecule has 8 heteroatoms. The van der Waals surface area contributed by atoms with Crippen molar-refractivity contribution in [2.45, 2.75) is 0 Å². The van der Waals surface area contributed by atoms with Crippen molar-refractivity contribution in [3.63, 3.8) is 0 Å². The summed E-state index contributed by atoms with van der Waals surface area (Å²) in [5.41, 5.74) is 7.15. The van der Waals surface area contributed by atoms with Gasteiger partial charge in [-0.3, -0.25) is 0 Å². The molecule has 0 amide bonds. The first-order valence-electron chi connectivity index (χ1n) is 4.26. The van der Waals surface area contributed by atoms with Crippen LogP contribution in [0.5, 0.6) is 0 Å². The number of aliphatic imine (C=N–C) groups is 2. The summed E-state index contributed by atoms with van der Waals surface area (Å²) in [6, 6.07) is 3.62. The first kappa shape index (κ1) is 16.7. The van der Waals surface area contributed by atoms with Crippen LogP contribution in [0.25, 0.3) is 0 Å². The van der Waals surface area contributed by atoms with Crippen LogP contribution in [-0.4, -0.2) is 18.7 Å². The lowest BCUT2D eigenvalue weighted by Gasteiger charge is -2.04. The topological polar surface area (TPSA) is 62.8 Å². The molecule has 2 rings (SSSR count). The molecule has 3 N–H and O–H groups in total. The molecule has 1 aromatic carbocycles. The van der Waals surface area contributed by atoms with Gasteiger partial charge in [-0.15, -0.1) is 24.8 Å². The predicted molar refractivity (Wildman–Crippen MR) is 84.3 cm³/mol. The number of rotatable bonds is 1. The highest BCUT2D eigenvalue weighted by Crippen LogP contribution is 2.35. The highest BCUT2D eigenvalue weighted by molar-refractivity contribution is 9.11. The Labute approximate surface area is 128 Å². The molecular formula is C9H10Br2Cl2N4. The highest BCUT2D eigenvalue weighted by Gasteiger charge is 2.08. The summed E-state index contributed by atoms with van der Waals surface area (Å²) in [4.78, 5) is 8.43. The molecule has 94 valence electrons. The Kier molecular flexibility index (Phi) is 7.08. The average molecular weight is 405 g/mol. The van der Waals surface area contributed by atoms with Crippen LogP contribution < -0.4 is 11.1 Å². The van der Waals surface area contributed by atoms with Crippen LogP contribution in [-0.2, 0) is 0 Å². The maximum absolute atomic E-state index is 5.68. The van der Waals surface area contributed by atoms with E-state index in [1.54, 1.807) is 6.21 Å². The van der Waals surface area contributed by atoms with Gasteiger partial charge in [-0.05, 0) is 44.0 Å². The zero-order chi connectivity index (χ0) is 10.8. The fourth-order valence-electron chi connectivity index (χ4n) is 1.18. The van der Waals surface area contributed by atoms with E-state index in [2.05, 4.69) is 47.2 Å². The molecule has 0 radical (unpaired) electrons. The summed E-state index contributed by atoms with van der Waals surface area (Å²) in [7, 11) is 0. The van der Waals surface area contributed by atoms with Gasteiger partial charge in [-0.1, -0.05) is 0 Å². The standard InChI is InChI=1S/C9H8Br2N4.2ClH/c10-6-3-5(12)4-7(11)8(6)15-9-13-1-2-14-9;;/h1,3-4H,2,12H2,(H,14,15);2*1H. The summed E-state index contributed by atoms with van der Waals surface area (Å²) in [5, 5.41) is 3.03. The molecule has 1 aromatic rings. The molecule has 1 aliphatic heterocycles. The van der Waals surface area contributed by atoms with Gasteiger partial charge in [-0.2, -0.15) is 0 Å². The number of halogens is 4. The number of benzene rings is 1. The molecule has 0 bridgehead atoms. The molecule has 1 heterocycles. The second-order valence-electron chi connectivity index (χ2n) is 2.96. The van der Waals surface area contributed by atoms with Crippen molar-refractivity contribution in [2.75, 3.05) is 12.3 Å². The number of nitrogens with one attached hydrogen (secondary N) is 1. The predicted octanol–water partition coefficient (Wildman–Crippen LogP) is 3.30. The molecule has 1 aliphatic rings. The van der Waals surface area contributed by atoms with E-state index in [9.17, 15) is 0 Å². The number of nitrogens with zero attached hydrogens (tertiary/aromatic N) is 2. The lowest BCUT2D eigenvalue weighted by Crippen LogP contribution is -2.15. The van der Waals surface area contributed by atoms with Crippen molar-refractivity contribution >= 4 is 80.2 Å².